The number of rotatable bonds is 4. The Bertz CT molecular complexity index is 383. The van der Waals surface area contributed by atoms with Crippen LogP contribution in [0.1, 0.15) is 58.3 Å². The van der Waals surface area contributed by atoms with Crippen molar-refractivity contribution in [2.75, 3.05) is 20.1 Å². The second-order valence-electron chi connectivity index (χ2n) is 6.65. The molecule has 1 saturated carbocycles. The summed E-state index contributed by atoms with van der Waals surface area (Å²) in [5.41, 5.74) is -0.614. The highest BCUT2D eigenvalue weighted by Gasteiger charge is 2.42. The zero-order valence-electron chi connectivity index (χ0n) is 13.3. The van der Waals surface area contributed by atoms with Crippen molar-refractivity contribution in [3.63, 3.8) is 0 Å². The lowest BCUT2D eigenvalue weighted by atomic mass is 9.75. The van der Waals surface area contributed by atoms with Gasteiger partial charge in [-0.25, -0.2) is 4.79 Å². The van der Waals surface area contributed by atoms with Crippen LogP contribution in [-0.2, 0) is 4.79 Å². The van der Waals surface area contributed by atoms with Gasteiger partial charge in [0.05, 0.1) is 5.41 Å². The Labute approximate surface area is 127 Å². The Morgan fingerprint density at radius 1 is 1.24 bits per heavy atom. The van der Waals surface area contributed by atoms with Gasteiger partial charge in [-0.15, -0.1) is 0 Å². The lowest BCUT2D eigenvalue weighted by molar-refractivity contribution is -0.152. The number of carbonyl (C=O) groups excluding carboxylic acids is 1. The van der Waals surface area contributed by atoms with Crippen molar-refractivity contribution in [1.29, 1.82) is 0 Å². The van der Waals surface area contributed by atoms with E-state index in [2.05, 4.69) is 0 Å². The summed E-state index contributed by atoms with van der Waals surface area (Å²) in [5.74, 6) is -0.694. The molecule has 1 aliphatic carbocycles. The summed E-state index contributed by atoms with van der Waals surface area (Å²) < 4.78 is 0. The van der Waals surface area contributed by atoms with E-state index in [4.69, 9.17) is 0 Å². The van der Waals surface area contributed by atoms with Crippen molar-refractivity contribution in [2.45, 2.75) is 64.3 Å². The van der Waals surface area contributed by atoms with E-state index in [1.807, 2.05) is 23.8 Å². The van der Waals surface area contributed by atoms with Crippen LogP contribution in [0.15, 0.2) is 0 Å². The standard InChI is InChI=1S/C16H28N2O3/c1-3-8-16(14(19)20)9-11-18(12-10-16)15(21)17(2)13-6-4-5-7-13/h13H,3-12H2,1-2H3,(H,19,20). The number of urea groups is 1. The van der Waals surface area contributed by atoms with Gasteiger partial charge in [-0.2, -0.15) is 0 Å². The molecule has 120 valence electrons. The monoisotopic (exact) mass is 296 g/mol. The molecule has 0 spiro atoms. The zero-order chi connectivity index (χ0) is 15.5. The summed E-state index contributed by atoms with van der Waals surface area (Å²) in [6, 6.07) is 0.455. The number of hydrogen-bond donors (Lipinski definition) is 1. The lowest BCUT2D eigenvalue weighted by Gasteiger charge is -2.41. The van der Waals surface area contributed by atoms with Crippen LogP contribution in [-0.4, -0.2) is 53.1 Å². The van der Waals surface area contributed by atoms with Crippen LogP contribution in [0, 0.1) is 5.41 Å². The normalized spacial score (nSPS) is 22.3. The molecule has 5 heteroatoms. The molecule has 1 aliphatic heterocycles. The molecule has 0 bridgehead atoms. The summed E-state index contributed by atoms with van der Waals surface area (Å²) >= 11 is 0. The van der Waals surface area contributed by atoms with Gasteiger partial charge in [0.15, 0.2) is 0 Å². The number of piperidine rings is 1. The largest absolute Gasteiger partial charge is 0.481 e. The predicted molar refractivity (Wildman–Crippen MR) is 81.2 cm³/mol. The fourth-order valence-electron chi connectivity index (χ4n) is 3.85. The summed E-state index contributed by atoms with van der Waals surface area (Å²) in [4.78, 5) is 27.8. The van der Waals surface area contributed by atoms with E-state index in [1.165, 1.54) is 12.8 Å². The molecular formula is C16H28N2O3. The molecule has 5 nitrogen and oxygen atoms in total. The summed E-state index contributed by atoms with van der Waals surface area (Å²) in [6.45, 7) is 3.17. The first-order valence-electron chi connectivity index (χ1n) is 8.25. The van der Waals surface area contributed by atoms with Crippen LogP contribution in [0.25, 0.3) is 0 Å². The number of carbonyl (C=O) groups is 2. The van der Waals surface area contributed by atoms with Crippen molar-refractivity contribution < 1.29 is 14.7 Å². The van der Waals surface area contributed by atoms with E-state index in [9.17, 15) is 14.7 Å². The summed E-state index contributed by atoms with van der Waals surface area (Å²) in [7, 11) is 1.89. The topological polar surface area (TPSA) is 60.9 Å². The van der Waals surface area contributed by atoms with Gasteiger partial charge in [-0.05, 0) is 32.1 Å². The molecule has 0 radical (unpaired) electrons. The van der Waals surface area contributed by atoms with E-state index < -0.39 is 11.4 Å². The highest BCUT2D eigenvalue weighted by atomic mass is 16.4. The van der Waals surface area contributed by atoms with Crippen LogP contribution in [0.5, 0.6) is 0 Å². The highest BCUT2D eigenvalue weighted by molar-refractivity contribution is 5.77. The van der Waals surface area contributed by atoms with Crippen molar-refractivity contribution in [1.82, 2.24) is 9.80 Å². The maximum absolute atomic E-state index is 12.5. The van der Waals surface area contributed by atoms with Crippen molar-refractivity contribution in [3.8, 4) is 0 Å². The fraction of sp³-hybridized carbons (Fsp3) is 0.875. The Hall–Kier alpha value is -1.26. The lowest BCUT2D eigenvalue weighted by Crippen LogP contribution is -2.51. The molecule has 0 unspecified atom stereocenters. The number of nitrogens with zero attached hydrogens (tertiary/aromatic N) is 2. The molecule has 2 aliphatic rings. The molecule has 2 rings (SSSR count). The number of amides is 2. The van der Waals surface area contributed by atoms with Crippen molar-refractivity contribution in [3.05, 3.63) is 0 Å². The van der Waals surface area contributed by atoms with Gasteiger partial charge in [-0.3, -0.25) is 4.79 Å². The third-order valence-corrected chi connectivity index (χ3v) is 5.35. The number of aliphatic carboxylic acids is 1. The fourth-order valence-corrected chi connectivity index (χ4v) is 3.85. The predicted octanol–water partition coefficient (Wildman–Crippen LogP) is 2.95. The van der Waals surface area contributed by atoms with E-state index >= 15 is 0 Å². The van der Waals surface area contributed by atoms with Crippen LogP contribution in [0.4, 0.5) is 4.79 Å². The van der Waals surface area contributed by atoms with Crippen molar-refractivity contribution >= 4 is 12.0 Å². The van der Waals surface area contributed by atoms with Gasteiger partial charge < -0.3 is 14.9 Å². The molecule has 1 N–H and O–H groups in total. The molecule has 2 fully saturated rings. The Morgan fingerprint density at radius 2 is 1.81 bits per heavy atom. The molecular weight excluding hydrogens is 268 g/mol. The minimum Gasteiger partial charge on any atom is -0.481 e. The SMILES string of the molecule is CCCC1(C(=O)O)CCN(C(=O)N(C)C2CCCC2)CC1. The molecule has 1 heterocycles. The van der Waals surface area contributed by atoms with Gasteiger partial charge in [0.25, 0.3) is 0 Å². The summed E-state index contributed by atoms with van der Waals surface area (Å²) in [5, 5.41) is 9.51. The minimum absolute atomic E-state index is 0.0809. The first kappa shape index (κ1) is 16.1. The third-order valence-electron chi connectivity index (χ3n) is 5.35. The summed E-state index contributed by atoms with van der Waals surface area (Å²) in [6.07, 6.45) is 7.38. The zero-order valence-corrected chi connectivity index (χ0v) is 13.3. The molecule has 0 aromatic rings. The molecule has 0 aromatic heterocycles. The Kier molecular flexibility index (Phi) is 5.12. The van der Waals surface area contributed by atoms with Crippen LogP contribution < -0.4 is 0 Å². The van der Waals surface area contributed by atoms with E-state index in [0.717, 1.165) is 19.3 Å². The number of hydrogen-bond acceptors (Lipinski definition) is 2. The average Bonchev–Trinajstić information content (AvgIpc) is 3.01. The van der Waals surface area contributed by atoms with Gasteiger partial charge in [0, 0.05) is 26.2 Å². The van der Waals surface area contributed by atoms with E-state index in [-0.39, 0.29) is 6.03 Å². The highest BCUT2D eigenvalue weighted by Crippen LogP contribution is 2.37. The maximum Gasteiger partial charge on any atom is 0.319 e. The van der Waals surface area contributed by atoms with Crippen LogP contribution in [0.2, 0.25) is 0 Å². The van der Waals surface area contributed by atoms with Gasteiger partial charge >= 0.3 is 12.0 Å². The average molecular weight is 296 g/mol. The molecule has 1 saturated heterocycles. The van der Waals surface area contributed by atoms with Gasteiger partial charge in [0.2, 0.25) is 0 Å². The van der Waals surface area contributed by atoms with Crippen LogP contribution >= 0.6 is 0 Å². The second kappa shape index (κ2) is 6.67. The van der Waals surface area contributed by atoms with Crippen LogP contribution in [0.3, 0.4) is 0 Å². The molecule has 0 atom stereocenters. The first-order valence-corrected chi connectivity index (χ1v) is 8.25. The number of carboxylic acids is 1. The molecule has 0 aromatic carbocycles. The Morgan fingerprint density at radius 3 is 2.29 bits per heavy atom. The smallest absolute Gasteiger partial charge is 0.319 e. The molecule has 21 heavy (non-hydrogen) atoms. The maximum atomic E-state index is 12.5. The van der Waals surface area contributed by atoms with Gasteiger partial charge in [0.1, 0.15) is 0 Å². The number of likely N-dealkylation sites (tertiary alicyclic amines) is 1. The third kappa shape index (κ3) is 3.33. The Balaban J connectivity index is 1.93. The quantitative estimate of drug-likeness (QED) is 0.867. The minimum atomic E-state index is -0.694. The molecule has 2 amide bonds. The second-order valence-corrected chi connectivity index (χ2v) is 6.65. The van der Waals surface area contributed by atoms with Gasteiger partial charge in [-0.1, -0.05) is 26.2 Å². The van der Waals surface area contributed by atoms with E-state index in [0.29, 0.717) is 38.4 Å². The number of carboxylic acid groups (broad SMARTS) is 1. The van der Waals surface area contributed by atoms with Crippen molar-refractivity contribution in [2.24, 2.45) is 5.41 Å². The van der Waals surface area contributed by atoms with E-state index in [1.54, 1.807) is 0 Å². The first-order chi connectivity index (χ1) is 10.00.